The average molecular weight is 171 g/mol. The van der Waals surface area contributed by atoms with Crippen molar-refractivity contribution in [2.24, 2.45) is 5.92 Å². The molecule has 72 valence electrons. The van der Waals surface area contributed by atoms with Crippen LogP contribution in [0.4, 0.5) is 0 Å². The third-order valence-electron chi connectivity index (χ3n) is 2.91. The van der Waals surface area contributed by atoms with Gasteiger partial charge >= 0.3 is 0 Å². The molecule has 1 aliphatic rings. The first kappa shape index (κ1) is 10.0. The second-order valence-corrected chi connectivity index (χ2v) is 4.32. The minimum atomic E-state index is 0.287. The molecule has 1 fully saturated rings. The summed E-state index contributed by atoms with van der Waals surface area (Å²) in [6, 6.07) is 0. The highest BCUT2D eigenvalue weighted by Gasteiger charge is 2.37. The first-order valence-electron chi connectivity index (χ1n) is 4.87. The van der Waals surface area contributed by atoms with Crippen molar-refractivity contribution in [3.05, 3.63) is 0 Å². The van der Waals surface area contributed by atoms with E-state index in [1.165, 1.54) is 13.0 Å². The third kappa shape index (κ3) is 1.99. The van der Waals surface area contributed by atoms with Crippen molar-refractivity contribution in [1.29, 1.82) is 0 Å². The fourth-order valence-electron chi connectivity index (χ4n) is 2.15. The third-order valence-corrected chi connectivity index (χ3v) is 2.91. The van der Waals surface area contributed by atoms with E-state index in [0.29, 0.717) is 0 Å². The molecule has 2 nitrogen and oxygen atoms in total. The summed E-state index contributed by atoms with van der Waals surface area (Å²) in [5, 5.41) is 0. The highest BCUT2D eigenvalue weighted by atomic mass is 16.5. The Morgan fingerprint density at radius 1 is 1.58 bits per heavy atom. The lowest BCUT2D eigenvalue weighted by Crippen LogP contribution is -2.42. The molecule has 12 heavy (non-hydrogen) atoms. The molecule has 0 saturated carbocycles. The number of hydrogen-bond acceptors (Lipinski definition) is 2. The maximum atomic E-state index is 5.50. The standard InChI is InChI=1S/C10H21NO/c1-5-12-8-10(3)6-9(2)7-11(10)4/h9H,5-8H2,1-4H3. The van der Waals surface area contributed by atoms with E-state index in [2.05, 4.69) is 32.7 Å². The van der Waals surface area contributed by atoms with E-state index >= 15 is 0 Å². The van der Waals surface area contributed by atoms with Crippen molar-refractivity contribution in [3.63, 3.8) is 0 Å². The predicted octanol–water partition coefficient (Wildman–Crippen LogP) is 1.75. The van der Waals surface area contributed by atoms with Gasteiger partial charge in [0.1, 0.15) is 0 Å². The van der Waals surface area contributed by atoms with Crippen LogP contribution in [0.1, 0.15) is 27.2 Å². The van der Waals surface area contributed by atoms with Crippen molar-refractivity contribution < 1.29 is 4.74 Å². The van der Waals surface area contributed by atoms with E-state index in [0.717, 1.165) is 19.1 Å². The number of ether oxygens (including phenoxy) is 1. The van der Waals surface area contributed by atoms with Gasteiger partial charge < -0.3 is 4.74 Å². The molecule has 1 heterocycles. The van der Waals surface area contributed by atoms with Crippen LogP contribution in [0.3, 0.4) is 0 Å². The molecular weight excluding hydrogens is 150 g/mol. The highest BCUT2D eigenvalue weighted by molar-refractivity contribution is 4.92. The van der Waals surface area contributed by atoms with Crippen LogP contribution in [0.2, 0.25) is 0 Å². The molecular formula is C10H21NO. The van der Waals surface area contributed by atoms with Crippen LogP contribution in [0.25, 0.3) is 0 Å². The fraction of sp³-hybridized carbons (Fsp3) is 1.00. The second-order valence-electron chi connectivity index (χ2n) is 4.32. The Morgan fingerprint density at radius 3 is 2.67 bits per heavy atom. The first-order chi connectivity index (χ1) is 5.58. The van der Waals surface area contributed by atoms with E-state index in [1.54, 1.807) is 0 Å². The Morgan fingerprint density at radius 2 is 2.25 bits per heavy atom. The normalized spacial score (nSPS) is 37.5. The molecule has 1 saturated heterocycles. The van der Waals surface area contributed by atoms with Gasteiger partial charge in [0.25, 0.3) is 0 Å². The number of hydrogen-bond donors (Lipinski definition) is 0. The fourth-order valence-corrected chi connectivity index (χ4v) is 2.15. The molecule has 2 heteroatoms. The molecule has 0 bridgehead atoms. The molecule has 2 atom stereocenters. The summed E-state index contributed by atoms with van der Waals surface area (Å²) < 4.78 is 5.50. The summed E-state index contributed by atoms with van der Waals surface area (Å²) in [7, 11) is 2.20. The average Bonchev–Trinajstić information content (AvgIpc) is 2.23. The summed E-state index contributed by atoms with van der Waals surface area (Å²) in [6.45, 7) is 9.59. The van der Waals surface area contributed by atoms with E-state index in [9.17, 15) is 0 Å². The van der Waals surface area contributed by atoms with Gasteiger partial charge in [-0.15, -0.1) is 0 Å². The molecule has 0 amide bonds. The molecule has 2 unspecified atom stereocenters. The van der Waals surface area contributed by atoms with Crippen LogP contribution < -0.4 is 0 Å². The van der Waals surface area contributed by atoms with Crippen molar-refractivity contribution in [3.8, 4) is 0 Å². The lowest BCUT2D eigenvalue weighted by Gasteiger charge is -2.31. The van der Waals surface area contributed by atoms with Crippen LogP contribution in [0.15, 0.2) is 0 Å². The van der Waals surface area contributed by atoms with Gasteiger partial charge in [-0.05, 0) is 33.2 Å². The summed E-state index contributed by atoms with van der Waals surface area (Å²) in [6.07, 6.45) is 1.27. The SMILES string of the molecule is CCOCC1(C)CC(C)CN1C. The van der Waals surface area contributed by atoms with E-state index in [4.69, 9.17) is 4.74 Å². The Kier molecular flexibility index (Phi) is 3.13. The molecule has 0 radical (unpaired) electrons. The summed E-state index contributed by atoms with van der Waals surface area (Å²) in [5.41, 5.74) is 0.287. The topological polar surface area (TPSA) is 12.5 Å². The maximum Gasteiger partial charge on any atom is 0.0647 e. The van der Waals surface area contributed by atoms with Gasteiger partial charge in [-0.3, -0.25) is 4.90 Å². The monoisotopic (exact) mass is 171 g/mol. The van der Waals surface area contributed by atoms with Crippen molar-refractivity contribution >= 4 is 0 Å². The van der Waals surface area contributed by atoms with Crippen LogP contribution in [-0.2, 0) is 4.74 Å². The van der Waals surface area contributed by atoms with Gasteiger partial charge in [0.15, 0.2) is 0 Å². The lowest BCUT2D eigenvalue weighted by atomic mass is 9.96. The van der Waals surface area contributed by atoms with Crippen LogP contribution in [0.5, 0.6) is 0 Å². The zero-order chi connectivity index (χ0) is 9.19. The first-order valence-corrected chi connectivity index (χ1v) is 4.87. The zero-order valence-electron chi connectivity index (χ0n) is 8.76. The lowest BCUT2D eigenvalue weighted by molar-refractivity contribution is 0.0419. The Bertz CT molecular complexity index is 149. The largest absolute Gasteiger partial charge is 0.380 e. The minimum Gasteiger partial charge on any atom is -0.380 e. The Balaban J connectivity index is 2.46. The van der Waals surface area contributed by atoms with Gasteiger partial charge in [0, 0.05) is 18.7 Å². The van der Waals surface area contributed by atoms with Gasteiger partial charge in [0.2, 0.25) is 0 Å². The van der Waals surface area contributed by atoms with E-state index in [-0.39, 0.29) is 5.54 Å². The Labute approximate surface area is 75.9 Å². The molecule has 0 aliphatic carbocycles. The van der Waals surface area contributed by atoms with Gasteiger partial charge in [-0.2, -0.15) is 0 Å². The number of likely N-dealkylation sites (N-methyl/N-ethyl adjacent to an activating group) is 1. The highest BCUT2D eigenvalue weighted by Crippen LogP contribution is 2.31. The maximum absolute atomic E-state index is 5.50. The van der Waals surface area contributed by atoms with Gasteiger partial charge in [-0.25, -0.2) is 0 Å². The smallest absolute Gasteiger partial charge is 0.0647 e. The van der Waals surface area contributed by atoms with Crippen LogP contribution in [0, 0.1) is 5.92 Å². The summed E-state index contributed by atoms with van der Waals surface area (Å²) in [4.78, 5) is 2.42. The van der Waals surface area contributed by atoms with Crippen molar-refractivity contribution in [2.75, 3.05) is 26.8 Å². The Hall–Kier alpha value is -0.0800. The van der Waals surface area contributed by atoms with E-state index in [1.807, 2.05) is 0 Å². The second kappa shape index (κ2) is 3.75. The molecule has 0 aromatic rings. The van der Waals surface area contributed by atoms with Crippen molar-refractivity contribution in [2.45, 2.75) is 32.7 Å². The predicted molar refractivity (Wildman–Crippen MR) is 51.3 cm³/mol. The molecule has 0 spiro atoms. The summed E-state index contributed by atoms with van der Waals surface area (Å²) in [5.74, 6) is 0.820. The van der Waals surface area contributed by atoms with E-state index < -0.39 is 0 Å². The van der Waals surface area contributed by atoms with Crippen molar-refractivity contribution in [1.82, 2.24) is 4.90 Å². The molecule has 0 aromatic heterocycles. The molecule has 1 rings (SSSR count). The molecule has 0 aromatic carbocycles. The van der Waals surface area contributed by atoms with Crippen LogP contribution >= 0.6 is 0 Å². The number of nitrogens with zero attached hydrogens (tertiary/aromatic N) is 1. The summed E-state index contributed by atoms with van der Waals surface area (Å²) >= 11 is 0. The van der Waals surface area contributed by atoms with Gasteiger partial charge in [-0.1, -0.05) is 6.92 Å². The van der Waals surface area contributed by atoms with Gasteiger partial charge in [0.05, 0.1) is 6.61 Å². The van der Waals surface area contributed by atoms with Crippen LogP contribution in [-0.4, -0.2) is 37.2 Å². The molecule has 1 aliphatic heterocycles. The quantitative estimate of drug-likeness (QED) is 0.641. The minimum absolute atomic E-state index is 0.287. The molecule has 0 N–H and O–H groups in total. The zero-order valence-corrected chi connectivity index (χ0v) is 8.76. The number of likely N-dealkylation sites (tertiary alicyclic amines) is 1. The number of rotatable bonds is 3.